The SMILES string of the molecule is O=C(Nc1ccnc(Sc2ccccn2)c1)c1csc(-c2ccsc2)n1. The summed E-state index contributed by atoms with van der Waals surface area (Å²) in [5, 5.41) is 11.1. The van der Waals surface area contributed by atoms with E-state index in [1.54, 1.807) is 35.2 Å². The van der Waals surface area contributed by atoms with Crippen LogP contribution in [0.1, 0.15) is 10.5 Å². The summed E-state index contributed by atoms with van der Waals surface area (Å²) in [5.41, 5.74) is 2.12. The van der Waals surface area contributed by atoms with Gasteiger partial charge < -0.3 is 5.32 Å². The number of amides is 1. The van der Waals surface area contributed by atoms with Crippen molar-refractivity contribution in [3.8, 4) is 10.6 Å². The quantitative estimate of drug-likeness (QED) is 0.510. The lowest BCUT2D eigenvalue weighted by molar-refractivity contribution is 0.102. The summed E-state index contributed by atoms with van der Waals surface area (Å²) in [5.74, 6) is -0.234. The van der Waals surface area contributed by atoms with E-state index in [1.165, 1.54) is 23.1 Å². The van der Waals surface area contributed by atoms with Gasteiger partial charge in [-0.15, -0.1) is 11.3 Å². The third kappa shape index (κ3) is 3.98. The van der Waals surface area contributed by atoms with Gasteiger partial charge in [-0.05, 0) is 35.7 Å². The van der Waals surface area contributed by atoms with Crippen LogP contribution in [0.5, 0.6) is 0 Å². The summed E-state index contributed by atoms with van der Waals surface area (Å²) in [6.45, 7) is 0. The highest BCUT2D eigenvalue weighted by molar-refractivity contribution is 7.99. The van der Waals surface area contributed by atoms with Gasteiger partial charge >= 0.3 is 0 Å². The number of thiazole rings is 1. The molecule has 4 aromatic rings. The van der Waals surface area contributed by atoms with E-state index in [0.717, 1.165) is 20.6 Å². The third-order valence-electron chi connectivity index (χ3n) is 3.34. The molecule has 1 amide bonds. The molecular formula is C18H12N4OS3. The molecule has 0 aromatic carbocycles. The van der Waals surface area contributed by atoms with Gasteiger partial charge in [-0.25, -0.2) is 15.0 Å². The van der Waals surface area contributed by atoms with Gasteiger partial charge in [-0.2, -0.15) is 11.3 Å². The minimum absolute atomic E-state index is 0.234. The zero-order valence-electron chi connectivity index (χ0n) is 13.3. The molecule has 0 aliphatic heterocycles. The van der Waals surface area contributed by atoms with E-state index in [9.17, 15) is 4.79 Å². The molecule has 8 heteroatoms. The van der Waals surface area contributed by atoms with E-state index in [2.05, 4.69) is 20.3 Å². The summed E-state index contributed by atoms with van der Waals surface area (Å²) in [7, 11) is 0. The van der Waals surface area contributed by atoms with E-state index in [1.807, 2.05) is 41.1 Å². The molecule has 26 heavy (non-hydrogen) atoms. The summed E-state index contributed by atoms with van der Waals surface area (Å²) in [6, 6.07) is 11.3. The van der Waals surface area contributed by atoms with E-state index in [0.29, 0.717) is 11.4 Å². The third-order valence-corrected chi connectivity index (χ3v) is 5.80. The molecule has 128 valence electrons. The molecule has 0 saturated heterocycles. The largest absolute Gasteiger partial charge is 0.320 e. The van der Waals surface area contributed by atoms with Gasteiger partial charge in [-0.1, -0.05) is 17.8 Å². The number of carbonyl (C=O) groups excluding carboxylic acids is 1. The maximum atomic E-state index is 12.5. The Kier molecular flexibility index (Phi) is 5.05. The molecule has 0 saturated carbocycles. The number of aromatic nitrogens is 3. The van der Waals surface area contributed by atoms with E-state index >= 15 is 0 Å². The normalized spacial score (nSPS) is 10.6. The van der Waals surface area contributed by atoms with Gasteiger partial charge in [0, 0.05) is 34.4 Å². The number of anilines is 1. The van der Waals surface area contributed by atoms with Gasteiger partial charge in [0.1, 0.15) is 20.8 Å². The van der Waals surface area contributed by atoms with Crippen molar-refractivity contribution in [3.05, 3.63) is 70.6 Å². The second-order valence-electron chi connectivity index (χ2n) is 5.16. The van der Waals surface area contributed by atoms with Crippen LogP contribution in [0.3, 0.4) is 0 Å². The second-order valence-corrected chi connectivity index (χ2v) is 7.84. The topological polar surface area (TPSA) is 67.8 Å². The standard InChI is InChI=1S/C18H12N4OS3/c23-17(14-11-25-18(22-14)12-5-8-24-10-12)21-13-4-7-20-16(9-13)26-15-3-1-2-6-19-15/h1-11H,(H,20,21,23). The van der Waals surface area contributed by atoms with Gasteiger partial charge in [-0.3, -0.25) is 4.79 Å². The molecule has 5 nitrogen and oxygen atoms in total. The van der Waals surface area contributed by atoms with Gasteiger partial charge in [0.05, 0.1) is 0 Å². The molecule has 4 aromatic heterocycles. The van der Waals surface area contributed by atoms with Crippen molar-refractivity contribution in [2.24, 2.45) is 0 Å². The van der Waals surface area contributed by atoms with Crippen molar-refractivity contribution in [2.75, 3.05) is 5.32 Å². The van der Waals surface area contributed by atoms with Gasteiger partial charge in [0.15, 0.2) is 0 Å². The number of hydrogen-bond donors (Lipinski definition) is 1. The molecule has 0 atom stereocenters. The molecular weight excluding hydrogens is 384 g/mol. The van der Waals surface area contributed by atoms with Crippen LogP contribution in [0.15, 0.2) is 75.0 Å². The molecule has 0 aliphatic carbocycles. The van der Waals surface area contributed by atoms with Gasteiger partial charge in [0.25, 0.3) is 5.91 Å². The maximum absolute atomic E-state index is 12.5. The van der Waals surface area contributed by atoms with Crippen LogP contribution in [0.2, 0.25) is 0 Å². The van der Waals surface area contributed by atoms with Crippen molar-refractivity contribution in [1.82, 2.24) is 15.0 Å². The van der Waals surface area contributed by atoms with E-state index in [-0.39, 0.29) is 5.91 Å². The summed E-state index contributed by atoms with van der Waals surface area (Å²) >= 11 is 4.51. The van der Waals surface area contributed by atoms with Crippen LogP contribution in [-0.2, 0) is 0 Å². The Morgan fingerprint density at radius 3 is 2.77 bits per heavy atom. The predicted octanol–water partition coefficient (Wildman–Crippen LogP) is 5.07. The number of thiophene rings is 1. The molecule has 0 radical (unpaired) electrons. The Labute approximate surface area is 162 Å². The fourth-order valence-corrected chi connectivity index (χ4v) is 4.44. The average molecular weight is 397 g/mol. The highest BCUT2D eigenvalue weighted by Gasteiger charge is 2.13. The first-order valence-corrected chi connectivity index (χ1v) is 10.3. The summed E-state index contributed by atoms with van der Waals surface area (Å²) in [4.78, 5) is 25.5. The van der Waals surface area contributed by atoms with E-state index < -0.39 is 0 Å². The van der Waals surface area contributed by atoms with Crippen LogP contribution < -0.4 is 5.32 Å². The average Bonchev–Trinajstić information content (AvgIpc) is 3.34. The van der Waals surface area contributed by atoms with Crippen molar-refractivity contribution in [3.63, 3.8) is 0 Å². The minimum atomic E-state index is -0.234. The zero-order chi connectivity index (χ0) is 17.8. The highest BCUT2D eigenvalue weighted by Crippen LogP contribution is 2.27. The van der Waals surface area contributed by atoms with Gasteiger partial charge in [0.2, 0.25) is 0 Å². The number of carbonyl (C=O) groups is 1. The Hall–Kier alpha value is -2.55. The fraction of sp³-hybridized carbons (Fsp3) is 0. The number of hydrogen-bond acceptors (Lipinski definition) is 7. The number of nitrogens with one attached hydrogen (secondary N) is 1. The summed E-state index contributed by atoms with van der Waals surface area (Å²) in [6.07, 6.45) is 3.40. The molecule has 0 aliphatic rings. The van der Waals surface area contributed by atoms with Crippen molar-refractivity contribution in [2.45, 2.75) is 10.1 Å². The molecule has 0 unspecified atom stereocenters. The molecule has 4 rings (SSSR count). The smallest absolute Gasteiger partial charge is 0.275 e. The van der Waals surface area contributed by atoms with Crippen LogP contribution in [0.25, 0.3) is 10.6 Å². The monoisotopic (exact) mass is 396 g/mol. The molecule has 1 N–H and O–H groups in total. The van der Waals surface area contributed by atoms with Crippen LogP contribution in [0, 0.1) is 0 Å². The predicted molar refractivity (Wildman–Crippen MR) is 106 cm³/mol. The molecule has 4 heterocycles. The first-order chi connectivity index (χ1) is 12.8. The fourth-order valence-electron chi connectivity index (χ4n) is 2.15. The Bertz CT molecular complexity index is 1020. The number of pyridine rings is 2. The highest BCUT2D eigenvalue weighted by atomic mass is 32.2. The molecule has 0 bridgehead atoms. The first-order valence-electron chi connectivity index (χ1n) is 7.62. The van der Waals surface area contributed by atoms with Crippen LogP contribution in [0.4, 0.5) is 5.69 Å². The van der Waals surface area contributed by atoms with Crippen LogP contribution in [-0.4, -0.2) is 20.9 Å². The lowest BCUT2D eigenvalue weighted by Crippen LogP contribution is -2.12. The first kappa shape index (κ1) is 16.9. The zero-order valence-corrected chi connectivity index (χ0v) is 15.8. The minimum Gasteiger partial charge on any atom is -0.320 e. The molecule has 0 fully saturated rings. The lowest BCUT2D eigenvalue weighted by atomic mass is 10.3. The Morgan fingerprint density at radius 2 is 1.96 bits per heavy atom. The Balaban J connectivity index is 1.47. The summed E-state index contributed by atoms with van der Waals surface area (Å²) < 4.78 is 0. The van der Waals surface area contributed by atoms with Crippen molar-refractivity contribution >= 4 is 46.0 Å². The Morgan fingerprint density at radius 1 is 1.04 bits per heavy atom. The number of rotatable bonds is 5. The lowest BCUT2D eigenvalue weighted by Gasteiger charge is -2.05. The molecule has 0 spiro atoms. The number of nitrogens with zero attached hydrogens (tertiary/aromatic N) is 3. The van der Waals surface area contributed by atoms with Crippen LogP contribution >= 0.6 is 34.4 Å². The second kappa shape index (κ2) is 7.77. The van der Waals surface area contributed by atoms with Crippen molar-refractivity contribution in [1.29, 1.82) is 0 Å². The maximum Gasteiger partial charge on any atom is 0.275 e. The van der Waals surface area contributed by atoms with E-state index in [4.69, 9.17) is 0 Å². The van der Waals surface area contributed by atoms with Crippen molar-refractivity contribution < 1.29 is 4.79 Å².